The van der Waals surface area contributed by atoms with Crippen LogP contribution in [0.1, 0.15) is 251 Å². The Hall–Kier alpha value is -1.54. The molecule has 0 aliphatic carbocycles. The fourth-order valence-corrected chi connectivity index (χ4v) is 8.76. The van der Waals surface area contributed by atoms with E-state index in [9.17, 15) is 19.4 Å². The molecule has 0 radical (unpaired) electrons. The van der Waals surface area contributed by atoms with Gasteiger partial charge in [-0.15, -0.1) is 0 Å². The molecule has 0 aromatic rings. The Balaban J connectivity index is 4.08. The van der Waals surface area contributed by atoms with E-state index in [1.54, 1.807) is 0 Å². The summed E-state index contributed by atoms with van der Waals surface area (Å²) in [6.07, 6.45) is 61.4. The molecule has 1 amide bonds. The van der Waals surface area contributed by atoms with Crippen LogP contribution in [0.15, 0.2) is 48.6 Å². The van der Waals surface area contributed by atoms with Crippen LogP contribution in [-0.2, 0) is 18.4 Å². The SMILES string of the molecule is CC/C=C\C/C=C\C/C=C\C/C=C\CCCCCCCCCCCCCCCCCCC(=O)NC(COP(=O)([O-])OCC[N+](C)(C)C)C(O)CCCCCCCCCCCCCCCC. The molecule has 0 fully saturated rings. The van der Waals surface area contributed by atoms with Crippen LogP contribution in [0.25, 0.3) is 0 Å². The number of aliphatic hydroxyl groups excluding tert-OH is 1. The second-order valence-electron chi connectivity index (χ2n) is 19.9. The van der Waals surface area contributed by atoms with E-state index in [2.05, 4.69) is 67.8 Å². The average molecular weight is 935 g/mol. The highest BCUT2D eigenvalue weighted by Crippen LogP contribution is 2.38. The van der Waals surface area contributed by atoms with Gasteiger partial charge < -0.3 is 28.8 Å². The summed E-state index contributed by atoms with van der Waals surface area (Å²) in [6, 6.07) is -0.800. The van der Waals surface area contributed by atoms with Gasteiger partial charge in [0.2, 0.25) is 5.91 Å². The second-order valence-corrected chi connectivity index (χ2v) is 21.3. The summed E-state index contributed by atoms with van der Waals surface area (Å²) in [7, 11) is 1.31. The Bertz CT molecular complexity index is 1200. The fourth-order valence-electron chi connectivity index (χ4n) is 8.03. The molecule has 3 unspecified atom stereocenters. The van der Waals surface area contributed by atoms with Crippen LogP contribution < -0.4 is 10.2 Å². The van der Waals surface area contributed by atoms with Crippen LogP contribution >= 0.6 is 7.82 Å². The van der Waals surface area contributed by atoms with Crippen molar-refractivity contribution in [2.24, 2.45) is 0 Å². The number of likely N-dealkylation sites (N-methyl/N-ethyl adjacent to an activating group) is 1. The van der Waals surface area contributed by atoms with E-state index in [4.69, 9.17) is 9.05 Å². The lowest BCUT2D eigenvalue weighted by molar-refractivity contribution is -0.870. The molecule has 382 valence electrons. The lowest BCUT2D eigenvalue weighted by atomic mass is 10.0. The first-order valence-corrected chi connectivity index (χ1v) is 28.9. The van der Waals surface area contributed by atoms with Gasteiger partial charge in [-0.1, -0.05) is 242 Å². The number of unbranched alkanes of at least 4 members (excludes halogenated alkanes) is 29. The molecule has 0 aromatic carbocycles. The van der Waals surface area contributed by atoms with Gasteiger partial charge in [0.25, 0.3) is 7.82 Å². The third-order valence-corrected chi connectivity index (χ3v) is 13.3. The molecule has 9 heteroatoms. The second kappa shape index (κ2) is 47.5. The molecule has 8 nitrogen and oxygen atoms in total. The van der Waals surface area contributed by atoms with Crippen molar-refractivity contribution < 1.29 is 32.9 Å². The highest BCUT2D eigenvalue weighted by atomic mass is 31.2. The lowest BCUT2D eigenvalue weighted by Gasteiger charge is -2.30. The third-order valence-electron chi connectivity index (χ3n) is 12.3. The van der Waals surface area contributed by atoms with Crippen molar-refractivity contribution in [1.29, 1.82) is 0 Å². The molecule has 0 aliphatic rings. The predicted octanol–water partition coefficient (Wildman–Crippen LogP) is 15.7. The maximum absolute atomic E-state index is 13.0. The maximum Gasteiger partial charge on any atom is 0.268 e. The van der Waals surface area contributed by atoms with Gasteiger partial charge in [0.15, 0.2) is 0 Å². The largest absolute Gasteiger partial charge is 0.756 e. The van der Waals surface area contributed by atoms with Crippen molar-refractivity contribution in [3.63, 3.8) is 0 Å². The van der Waals surface area contributed by atoms with Gasteiger partial charge >= 0.3 is 0 Å². The fraction of sp³-hybridized carbons (Fsp3) is 0.839. The molecule has 0 bridgehead atoms. The maximum atomic E-state index is 13.0. The third kappa shape index (κ3) is 50.2. The number of hydrogen-bond acceptors (Lipinski definition) is 6. The first kappa shape index (κ1) is 63.5. The Morgan fingerprint density at radius 2 is 0.938 bits per heavy atom. The van der Waals surface area contributed by atoms with Crippen LogP contribution in [-0.4, -0.2) is 68.5 Å². The van der Waals surface area contributed by atoms with Crippen molar-refractivity contribution in [3.05, 3.63) is 48.6 Å². The van der Waals surface area contributed by atoms with Crippen molar-refractivity contribution in [1.82, 2.24) is 5.32 Å². The molecular weight excluding hydrogens is 828 g/mol. The zero-order valence-corrected chi connectivity index (χ0v) is 44.3. The standard InChI is InChI=1S/C56H107N2O6P/c1-6-8-10-12-14-16-18-20-22-23-24-25-26-27-28-29-30-31-32-33-34-35-36-38-40-42-44-46-48-50-56(60)57-54(53-64-65(61,62)63-52-51-58(3,4)5)55(59)49-47-45-43-41-39-37-21-19-17-15-13-11-9-7-2/h8,10,14,16,20,22,24-25,54-55,59H,6-7,9,11-13,15,17-19,21,23,26-53H2,1-5H3,(H-,57,60,61,62)/b10-8-,16-14-,22-20-,25-24-. The number of carbonyl (C=O) groups excluding carboxylic acids is 1. The molecule has 0 heterocycles. The number of hydrogen-bond donors (Lipinski definition) is 2. The smallest absolute Gasteiger partial charge is 0.268 e. The number of nitrogens with one attached hydrogen (secondary N) is 1. The van der Waals surface area contributed by atoms with Gasteiger partial charge in [-0.05, 0) is 51.4 Å². The van der Waals surface area contributed by atoms with Gasteiger partial charge in [0.05, 0.1) is 39.9 Å². The van der Waals surface area contributed by atoms with Crippen LogP contribution in [0.5, 0.6) is 0 Å². The number of phosphoric ester groups is 1. The number of nitrogens with zero attached hydrogens (tertiary/aromatic N) is 1. The molecule has 0 saturated carbocycles. The van der Waals surface area contributed by atoms with Crippen LogP contribution in [0, 0.1) is 0 Å². The molecule has 2 N–H and O–H groups in total. The number of aliphatic hydroxyl groups is 1. The first-order valence-electron chi connectivity index (χ1n) is 27.5. The molecule has 3 atom stereocenters. The Kier molecular flexibility index (Phi) is 46.4. The topological polar surface area (TPSA) is 108 Å². The average Bonchev–Trinajstić information content (AvgIpc) is 3.26. The summed E-state index contributed by atoms with van der Waals surface area (Å²) in [5.74, 6) is -0.164. The van der Waals surface area contributed by atoms with Crippen molar-refractivity contribution >= 4 is 13.7 Å². The minimum Gasteiger partial charge on any atom is -0.756 e. The summed E-state index contributed by atoms with van der Waals surface area (Å²) in [4.78, 5) is 25.5. The van der Waals surface area contributed by atoms with Gasteiger partial charge in [-0.3, -0.25) is 9.36 Å². The van der Waals surface area contributed by atoms with Crippen LogP contribution in [0.3, 0.4) is 0 Å². The number of carbonyl (C=O) groups is 1. The summed E-state index contributed by atoms with van der Waals surface area (Å²) < 4.78 is 23.4. The zero-order chi connectivity index (χ0) is 47.8. The molecule has 0 aromatic heterocycles. The predicted molar refractivity (Wildman–Crippen MR) is 279 cm³/mol. The zero-order valence-electron chi connectivity index (χ0n) is 43.4. The quantitative estimate of drug-likeness (QED) is 0.0272. The normalized spacial score (nSPS) is 14.4. The molecule has 0 aliphatic heterocycles. The van der Waals surface area contributed by atoms with E-state index >= 15 is 0 Å². The van der Waals surface area contributed by atoms with E-state index in [1.807, 2.05) is 21.1 Å². The lowest BCUT2D eigenvalue weighted by Crippen LogP contribution is -2.46. The minimum absolute atomic E-state index is 0.0124. The number of amides is 1. The van der Waals surface area contributed by atoms with Gasteiger partial charge in [-0.2, -0.15) is 0 Å². The Labute approximate surface area is 403 Å². The Morgan fingerprint density at radius 3 is 1.37 bits per heavy atom. The molecule has 0 spiro atoms. The summed E-state index contributed by atoms with van der Waals surface area (Å²) >= 11 is 0. The molecule has 0 rings (SSSR count). The summed E-state index contributed by atoms with van der Waals surface area (Å²) in [5, 5.41) is 14.0. The van der Waals surface area contributed by atoms with E-state index < -0.39 is 20.0 Å². The van der Waals surface area contributed by atoms with Crippen LogP contribution in [0.4, 0.5) is 0 Å². The molecule has 65 heavy (non-hydrogen) atoms. The van der Waals surface area contributed by atoms with Crippen LogP contribution in [0.2, 0.25) is 0 Å². The number of allylic oxidation sites excluding steroid dienone is 8. The Morgan fingerprint density at radius 1 is 0.554 bits per heavy atom. The monoisotopic (exact) mass is 935 g/mol. The van der Waals surface area contributed by atoms with E-state index in [0.29, 0.717) is 23.9 Å². The summed E-state index contributed by atoms with van der Waals surface area (Å²) in [6.45, 7) is 4.62. The highest BCUT2D eigenvalue weighted by Gasteiger charge is 2.24. The first-order chi connectivity index (χ1) is 31.5. The van der Waals surface area contributed by atoms with Gasteiger partial charge in [0.1, 0.15) is 13.2 Å². The molecule has 0 saturated heterocycles. The summed E-state index contributed by atoms with van der Waals surface area (Å²) in [5.41, 5.74) is 0. The van der Waals surface area contributed by atoms with Crippen molar-refractivity contribution in [2.75, 3.05) is 40.9 Å². The highest BCUT2D eigenvalue weighted by molar-refractivity contribution is 7.45. The minimum atomic E-state index is -4.57. The van der Waals surface area contributed by atoms with Gasteiger partial charge in [0, 0.05) is 6.42 Å². The van der Waals surface area contributed by atoms with Crippen molar-refractivity contribution in [2.45, 2.75) is 264 Å². The van der Waals surface area contributed by atoms with E-state index in [1.165, 1.54) is 161 Å². The van der Waals surface area contributed by atoms with Crippen molar-refractivity contribution in [3.8, 4) is 0 Å². The molecular formula is C56H107N2O6P. The number of rotatable bonds is 50. The van der Waals surface area contributed by atoms with E-state index in [0.717, 1.165) is 64.2 Å². The number of phosphoric acid groups is 1. The number of quaternary nitrogens is 1. The van der Waals surface area contributed by atoms with Gasteiger partial charge in [-0.25, -0.2) is 0 Å². The van der Waals surface area contributed by atoms with E-state index in [-0.39, 0.29) is 19.1 Å².